The maximum atomic E-state index is 11.3. The molecule has 1 spiro atoms. The molecule has 8 nitrogen and oxygen atoms in total. The molecule has 0 radical (unpaired) electrons. The molecule has 6 rings (SSSR count). The van der Waals surface area contributed by atoms with Gasteiger partial charge in [0.2, 0.25) is 5.79 Å². The first kappa shape index (κ1) is 22.0. The minimum Gasteiger partial charge on any atom is -0.478 e. The van der Waals surface area contributed by atoms with Crippen molar-refractivity contribution in [1.29, 1.82) is 0 Å². The summed E-state index contributed by atoms with van der Waals surface area (Å²) in [6.45, 7) is 0.233. The van der Waals surface area contributed by atoms with Crippen LogP contribution in [0.3, 0.4) is 0 Å². The summed E-state index contributed by atoms with van der Waals surface area (Å²) in [5, 5.41) is 18.3. The van der Waals surface area contributed by atoms with Gasteiger partial charge in [0.15, 0.2) is 11.9 Å². The third-order valence-electron chi connectivity index (χ3n) is 7.08. The number of fused-ring (bicyclic) bond motifs is 3. The molecule has 0 aromatic heterocycles. The van der Waals surface area contributed by atoms with E-state index in [-0.39, 0.29) is 23.7 Å². The highest BCUT2D eigenvalue weighted by Crippen LogP contribution is 2.55. The molecule has 2 aromatic carbocycles. The van der Waals surface area contributed by atoms with Crippen molar-refractivity contribution in [3.8, 4) is 0 Å². The van der Waals surface area contributed by atoms with Crippen molar-refractivity contribution in [3.05, 3.63) is 70.8 Å². The normalized spacial score (nSPS) is 30.9. The molecule has 33 heavy (non-hydrogen) atoms. The minimum atomic E-state index is -1.18. The van der Waals surface area contributed by atoms with Crippen LogP contribution in [0.15, 0.2) is 48.5 Å². The molecule has 4 atom stereocenters. The van der Waals surface area contributed by atoms with Crippen LogP contribution in [0.4, 0.5) is 0 Å². The number of hydrogen-bond donors (Lipinski definition) is 2. The van der Waals surface area contributed by atoms with E-state index in [1.54, 1.807) is 36.4 Å². The number of aromatic carboxylic acids is 2. The van der Waals surface area contributed by atoms with Crippen molar-refractivity contribution in [3.63, 3.8) is 0 Å². The number of rotatable bonds is 6. The molecule has 3 aliphatic heterocycles. The second kappa shape index (κ2) is 8.53. The first-order valence-electron chi connectivity index (χ1n) is 11.2. The molecule has 1 aliphatic carbocycles. The Hall–Kier alpha value is -2.78. The standard InChI is InChI=1S/C25H26O8/c26-21(27)17-6-4-16(5-7-17)15-30-23-24-13-2-1-3-19(24)12-14-25(31-23,33-32-24)20-10-8-18(9-11-20)22(28)29/h4-11,19,23H,1-3,12-15H2,(H,26,27)(H,28,29)/t19?,23?,24-,25+/m0/s1. The summed E-state index contributed by atoms with van der Waals surface area (Å²) in [6, 6.07) is 13.0. The summed E-state index contributed by atoms with van der Waals surface area (Å²) in [7, 11) is 0. The predicted molar refractivity (Wildman–Crippen MR) is 114 cm³/mol. The lowest BCUT2D eigenvalue weighted by molar-refractivity contribution is -0.561. The van der Waals surface area contributed by atoms with Gasteiger partial charge in [-0.05, 0) is 55.0 Å². The van der Waals surface area contributed by atoms with E-state index >= 15 is 0 Å². The Bertz CT molecular complexity index is 1030. The summed E-state index contributed by atoms with van der Waals surface area (Å²) < 4.78 is 12.8. The summed E-state index contributed by atoms with van der Waals surface area (Å²) in [6.07, 6.45) is 4.57. The van der Waals surface area contributed by atoms with E-state index < -0.39 is 29.6 Å². The molecule has 3 saturated heterocycles. The molecule has 2 bridgehead atoms. The Balaban J connectivity index is 1.42. The second-order valence-electron chi connectivity index (χ2n) is 9.00. The summed E-state index contributed by atoms with van der Waals surface area (Å²) in [5.74, 6) is -2.94. The van der Waals surface area contributed by atoms with Crippen LogP contribution >= 0.6 is 0 Å². The van der Waals surface area contributed by atoms with Crippen molar-refractivity contribution in [1.82, 2.24) is 0 Å². The monoisotopic (exact) mass is 454 g/mol. The lowest BCUT2D eigenvalue weighted by atomic mass is 9.73. The van der Waals surface area contributed by atoms with Gasteiger partial charge in [0.1, 0.15) is 0 Å². The van der Waals surface area contributed by atoms with E-state index in [4.69, 9.17) is 24.4 Å². The van der Waals surface area contributed by atoms with E-state index in [9.17, 15) is 14.7 Å². The Morgan fingerprint density at radius 2 is 1.55 bits per heavy atom. The lowest BCUT2D eigenvalue weighted by Crippen LogP contribution is -2.59. The van der Waals surface area contributed by atoms with E-state index in [0.29, 0.717) is 12.0 Å². The third kappa shape index (κ3) is 3.93. The highest BCUT2D eigenvalue weighted by Gasteiger charge is 2.62. The summed E-state index contributed by atoms with van der Waals surface area (Å²) >= 11 is 0. The van der Waals surface area contributed by atoms with Crippen LogP contribution in [0.25, 0.3) is 0 Å². The Kier molecular flexibility index (Phi) is 5.70. The topological polar surface area (TPSA) is 112 Å². The van der Waals surface area contributed by atoms with Gasteiger partial charge in [0.05, 0.1) is 17.7 Å². The molecule has 4 aliphatic rings. The average molecular weight is 454 g/mol. The SMILES string of the molecule is O=C(O)c1ccc(COC2O[C@]3(c4ccc(C(=O)O)cc4)CCC4CCCC[C@]42OO3)cc1. The van der Waals surface area contributed by atoms with E-state index in [0.717, 1.165) is 37.7 Å². The van der Waals surface area contributed by atoms with Gasteiger partial charge >= 0.3 is 11.9 Å². The van der Waals surface area contributed by atoms with Crippen LogP contribution in [-0.2, 0) is 31.6 Å². The smallest absolute Gasteiger partial charge is 0.335 e. The van der Waals surface area contributed by atoms with E-state index in [1.165, 1.54) is 12.1 Å². The molecule has 2 aromatic rings. The Morgan fingerprint density at radius 3 is 2.21 bits per heavy atom. The van der Waals surface area contributed by atoms with Crippen molar-refractivity contribution < 1.29 is 39.1 Å². The van der Waals surface area contributed by atoms with Crippen molar-refractivity contribution in [2.75, 3.05) is 0 Å². The highest BCUT2D eigenvalue weighted by atomic mass is 17.3. The number of benzene rings is 2. The molecular formula is C25H26O8. The average Bonchev–Trinajstić information content (AvgIpc) is 3.09. The molecule has 0 amide bonds. The quantitative estimate of drug-likeness (QED) is 0.615. The zero-order chi connectivity index (χ0) is 23.1. The molecule has 8 heteroatoms. The maximum Gasteiger partial charge on any atom is 0.335 e. The van der Waals surface area contributed by atoms with Crippen molar-refractivity contribution >= 4 is 11.9 Å². The van der Waals surface area contributed by atoms with Crippen LogP contribution in [0.2, 0.25) is 0 Å². The van der Waals surface area contributed by atoms with Gasteiger partial charge in [-0.2, -0.15) is 4.89 Å². The van der Waals surface area contributed by atoms with Gasteiger partial charge < -0.3 is 19.7 Å². The molecule has 3 heterocycles. The molecule has 2 N–H and O–H groups in total. The molecule has 174 valence electrons. The Morgan fingerprint density at radius 1 is 0.879 bits per heavy atom. The highest BCUT2D eigenvalue weighted by molar-refractivity contribution is 5.88. The fourth-order valence-corrected chi connectivity index (χ4v) is 5.21. The third-order valence-corrected chi connectivity index (χ3v) is 7.08. The number of carbonyl (C=O) groups is 2. The summed E-state index contributed by atoms with van der Waals surface area (Å²) in [5.41, 5.74) is 1.20. The van der Waals surface area contributed by atoms with Crippen molar-refractivity contribution in [2.45, 2.75) is 62.8 Å². The molecule has 2 unspecified atom stereocenters. The number of hydrogen-bond acceptors (Lipinski definition) is 6. The molecular weight excluding hydrogens is 428 g/mol. The van der Waals surface area contributed by atoms with Crippen LogP contribution < -0.4 is 0 Å². The van der Waals surface area contributed by atoms with Crippen LogP contribution in [0.5, 0.6) is 0 Å². The van der Waals surface area contributed by atoms with Gasteiger partial charge in [-0.1, -0.05) is 37.1 Å². The van der Waals surface area contributed by atoms with Gasteiger partial charge in [0.25, 0.3) is 0 Å². The Labute approximate surface area is 191 Å². The molecule has 4 fully saturated rings. The number of ether oxygens (including phenoxy) is 2. The lowest BCUT2D eigenvalue weighted by Gasteiger charge is -2.50. The van der Waals surface area contributed by atoms with E-state index in [2.05, 4.69) is 0 Å². The van der Waals surface area contributed by atoms with Gasteiger partial charge in [0, 0.05) is 12.0 Å². The van der Waals surface area contributed by atoms with E-state index in [1.807, 2.05) is 0 Å². The summed E-state index contributed by atoms with van der Waals surface area (Å²) in [4.78, 5) is 34.5. The molecule has 1 saturated carbocycles. The largest absolute Gasteiger partial charge is 0.478 e. The van der Waals surface area contributed by atoms with Gasteiger partial charge in [-0.15, -0.1) is 0 Å². The number of carboxylic acid groups (broad SMARTS) is 2. The minimum absolute atomic E-state index is 0.184. The van der Waals surface area contributed by atoms with Gasteiger partial charge in [-0.25, -0.2) is 14.5 Å². The maximum absolute atomic E-state index is 11.3. The van der Waals surface area contributed by atoms with Crippen LogP contribution in [0.1, 0.15) is 70.4 Å². The zero-order valence-corrected chi connectivity index (χ0v) is 18.1. The predicted octanol–water partition coefficient (Wildman–Crippen LogP) is 4.48. The van der Waals surface area contributed by atoms with Crippen LogP contribution in [-0.4, -0.2) is 34.0 Å². The first-order chi connectivity index (χ1) is 15.9. The first-order valence-corrected chi connectivity index (χ1v) is 11.2. The van der Waals surface area contributed by atoms with Crippen LogP contribution in [0, 0.1) is 5.92 Å². The number of carboxylic acids is 2. The second-order valence-corrected chi connectivity index (χ2v) is 9.00. The zero-order valence-electron chi connectivity index (χ0n) is 18.1. The van der Waals surface area contributed by atoms with Crippen molar-refractivity contribution in [2.24, 2.45) is 5.92 Å². The van der Waals surface area contributed by atoms with Gasteiger partial charge in [-0.3, -0.25) is 0 Å². The fourth-order valence-electron chi connectivity index (χ4n) is 5.21. The fraction of sp³-hybridized carbons (Fsp3) is 0.440.